The maximum Gasteiger partial charge on any atom is 0.341 e. The highest BCUT2D eigenvalue weighted by atomic mass is 35.5. The van der Waals surface area contributed by atoms with E-state index in [0.717, 1.165) is 5.56 Å². The Morgan fingerprint density at radius 3 is 2.59 bits per heavy atom. The van der Waals surface area contributed by atoms with Gasteiger partial charge in [0.2, 0.25) is 0 Å². The molecule has 0 N–H and O–H groups in total. The molecule has 0 amide bonds. The predicted molar refractivity (Wildman–Crippen MR) is 67.9 cm³/mol. The molecule has 1 aromatic carbocycles. The summed E-state index contributed by atoms with van der Waals surface area (Å²) in [5.74, 6) is 0.102. The van der Waals surface area contributed by atoms with Gasteiger partial charge in [-0.1, -0.05) is 11.6 Å². The van der Waals surface area contributed by atoms with E-state index in [1.54, 1.807) is 19.1 Å². The van der Waals surface area contributed by atoms with E-state index < -0.39 is 5.97 Å². The van der Waals surface area contributed by atoms with Gasteiger partial charge in [-0.15, -0.1) is 0 Å². The number of rotatable bonds is 4. The first-order chi connectivity index (χ1) is 7.95. The molecule has 1 aromatic rings. The minimum atomic E-state index is -0.412. The molecular formula is C13H17ClO3. The predicted octanol–water partition coefficient (Wildman–Crippen LogP) is 3.61. The van der Waals surface area contributed by atoms with E-state index >= 15 is 0 Å². The lowest BCUT2D eigenvalue weighted by Gasteiger charge is -2.15. The number of aryl methyl sites for hydroxylation is 1. The molecule has 94 valence electrons. The second kappa shape index (κ2) is 5.92. The first kappa shape index (κ1) is 13.8. The molecule has 4 heteroatoms. The minimum absolute atomic E-state index is 0.0104. The Labute approximate surface area is 107 Å². The van der Waals surface area contributed by atoms with Crippen molar-refractivity contribution >= 4 is 17.6 Å². The summed E-state index contributed by atoms with van der Waals surface area (Å²) in [6.07, 6.45) is -0.0104. The van der Waals surface area contributed by atoms with Gasteiger partial charge in [0.15, 0.2) is 0 Å². The van der Waals surface area contributed by atoms with Crippen LogP contribution in [-0.2, 0) is 4.74 Å². The highest BCUT2D eigenvalue weighted by Crippen LogP contribution is 2.28. The van der Waals surface area contributed by atoms with Gasteiger partial charge in [0.1, 0.15) is 11.3 Å². The van der Waals surface area contributed by atoms with Gasteiger partial charge in [0.05, 0.1) is 12.7 Å². The van der Waals surface area contributed by atoms with E-state index in [-0.39, 0.29) is 6.10 Å². The van der Waals surface area contributed by atoms with Gasteiger partial charge in [-0.25, -0.2) is 4.79 Å². The van der Waals surface area contributed by atoms with Crippen LogP contribution in [0.2, 0.25) is 5.02 Å². The van der Waals surface area contributed by atoms with Crippen LogP contribution in [0.15, 0.2) is 12.1 Å². The average Bonchev–Trinajstić information content (AvgIpc) is 2.22. The van der Waals surface area contributed by atoms with Crippen LogP contribution in [0.25, 0.3) is 0 Å². The molecule has 0 aliphatic carbocycles. The zero-order chi connectivity index (χ0) is 13.0. The molecule has 0 spiro atoms. The Morgan fingerprint density at radius 2 is 2.06 bits per heavy atom. The molecule has 0 aliphatic rings. The second-order valence-electron chi connectivity index (χ2n) is 3.98. The normalized spacial score (nSPS) is 10.5. The molecule has 0 aliphatic heterocycles. The standard InChI is InChI=1S/C13H17ClO3/c1-5-16-13(15)10-7-11(14)9(4)6-12(10)17-8(2)3/h6-8H,5H2,1-4H3. The molecule has 3 nitrogen and oxygen atoms in total. The van der Waals surface area contributed by atoms with E-state index in [2.05, 4.69) is 0 Å². The highest BCUT2D eigenvalue weighted by molar-refractivity contribution is 6.31. The molecule has 0 aromatic heterocycles. The molecule has 1 rings (SSSR count). The number of hydrogen-bond acceptors (Lipinski definition) is 3. The number of benzene rings is 1. The molecule has 0 atom stereocenters. The number of carbonyl (C=O) groups is 1. The van der Waals surface area contributed by atoms with Gasteiger partial charge < -0.3 is 9.47 Å². The molecule has 0 saturated carbocycles. The molecule has 0 bridgehead atoms. The third-order valence-electron chi connectivity index (χ3n) is 2.12. The minimum Gasteiger partial charge on any atom is -0.490 e. The number of ether oxygens (including phenoxy) is 2. The summed E-state index contributed by atoms with van der Waals surface area (Å²) in [7, 11) is 0. The van der Waals surface area contributed by atoms with Crippen molar-refractivity contribution < 1.29 is 14.3 Å². The molecule has 0 unspecified atom stereocenters. The molecule has 0 saturated heterocycles. The van der Waals surface area contributed by atoms with E-state index in [4.69, 9.17) is 21.1 Å². The van der Waals surface area contributed by atoms with Crippen LogP contribution < -0.4 is 4.74 Å². The molecule has 0 fully saturated rings. The Morgan fingerprint density at radius 1 is 1.41 bits per heavy atom. The first-order valence-corrected chi connectivity index (χ1v) is 5.97. The third-order valence-corrected chi connectivity index (χ3v) is 2.53. The zero-order valence-electron chi connectivity index (χ0n) is 10.5. The fraction of sp³-hybridized carbons (Fsp3) is 0.462. The van der Waals surface area contributed by atoms with Crippen molar-refractivity contribution in [3.8, 4) is 5.75 Å². The van der Waals surface area contributed by atoms with Crippen LogP contribution in [0.1, 0.15) is 36.7 Å². The maximum atomic E-state index is 11.7. The van der Waals surface area contributed by atoms with Crippen LogP contribution in [0, 0.1) is 6.92 Å². The van der Waals surface area contributed by atoms with Crippen molar-refractivity contribution in [1.29, 1.82) is 0 Å². The number of hydrogen-bond donors (Lipinski definition) is 0. The summed E-state index contributed by atoms with van der Waals surface area (Å²) in [5, 5.41) is 0.532. The Balaban J connectivity index is 3.15. The van der Waals surface area contributed by atoms with Gasteiger partial charge in [-0.2, -0.15) is 0 Å². The van der Waals surface area contributed by atoms with Crippen molar-refractivity contribution in [3.63, 3.8) is 0 Å². The fourth-order valence-corrected chi connectivity index (χ4v) is 1.54. The largest absolute Gasteiger partial charge is 0.490 e. The van der Waals surface area contributed by atoms with Gasteiger partial charge >= 0.3 is 5.97 Å². The van der Waals surface area contributed by atoms with Crippen molar-refractivity contribution in [1.82, 2.24) is 0 Å². The summed E-state index contributed by atoms with van der Waals surface area (Å²) in [6.45, 7) is 7.75. The highest BCUT2D eigenvalue weighted by Gasteiger charge is 2.16. The number of carbonyl (C=O) groups excluding carboxylic acids is 1. The monoisotopic (exact) mass is 256 g/mol. The lowest BCUT2D eigenvalue weighted by Crippen LogP contribution is -2.12. The van der Waals surface area contributed by atoms with Crippen molar-refractivity contribution in [3.05, 3.63) is 28.3 Å². The lowest BCUT2D eigenvalue weighted by atomic mass is 10.1. The molecular weight excluding hydrogens is 240 g/mol. The van der Waals surface area contributed by atoms with Crippen LogP contribution >= 0.6 is 11.6 Å². The topological polar surface area (TPSA) is 35.5 Å². The first-order valence-electron chi connectivity index (χ1n) is 5.59. The second-order valence-corrected chi connectivity index (χ2v) is 4.39. The summed E-state index contributed by atoms with van der Waals surface area (Å²) >= 11 is 6.00. The molecule has 0 heterocycles. The molecule has 0 radical (unpaired) electrons. The van der Waals surface area contributed by atoms with E-state index in [0.29, 0.717) is 22.9 Å². The average molecular weight is 257 g/mol. The van der Waals surface area contributed by atoms with Gasteiger partial charge in [-0.05, 0) is 45.4 Å². The summed E-state index contributed by atoms with van der Waals surface area (Å²) in [5.41, 5.74) is 1.24. The Kier molecular flexibility index (Phi) is 4.82. The Hall–Kier alpha value is -1.22. The number of halogens is 1. The molecule has 17 heavy (non-hydrogen) atoms. The van der Waals surface area contributed by atoms with Crippen LogP contribution in [0.5, 0.6) is 5.75 Å². The number of esters is 1. The van der Waals surface area contributed by atoms with Crippen molar-refractivity contribution in [2.75, 3.05) is 6.61 Å². The van der Waals surface area contributed by atoms with Crippen LogP contribution in [0.3, 0.4) is 0 Å². The van der Waals surface area contributed by atoms with Gasteiger partial charge in [0, 0.05) is 5.02 Å². The third kappa shape index (κ3) is 3.63. The van der Waals surface area contributed by atoms with E-state index in [1.807, 2.05) is 20.8 Å². The van der Waals surface area contributed by atoms with E-state index in [1.165, 1.54) is 0 Å². The SMILES string of the molecule is CCOC(=O)c1cc(Cl)c(C)cc1OC(C)C. The quantitative estimate of drug-likeness (QED) is 0.772. The zero-order valence-corrected chi connectivity index (χ0v) is 11.3. The lowest BCUT2D eigenvalue weighted by molar-refractivity contribution is 0.0520. The van der Waals surface area contributed by atoms with Gasteiger partial charge in [-0.3, -0.25) is 0 Å². The van der Waals surface area contributed by atoms with E-state index in [9.17, 15) is 4.79 Å². The summed E-state index contributed by atoms with van der Waals surface area (Å²) in [4.78, 5) is 11.7. The smallest absolute Gasteiger partial charge is 0.341 e. The summed E-state index contributed by atoms with van der Waals surface area (Å²) in [6, 6.07) is 3.35. The van der Waals surface area contributed by atoms with Crippen molar-refractivity contribution in [2.24, 2.45) is 0 Å². The summed E-state index contributed by atoms with van der Waals surface area (Å²) < 4.78 is 10.6. The van der Waals surface area contributed by atoms with Crippen LogP contribution in [-0.4, -0.2) is 18.7 Å². The van der Waals surface area contributed by atoms with Crippen LogP contribution in [0.4, 0.5) is 0 Å². The Bertz CT molecular complexity index is 413. The maximum absolute atomic E-state index is 11.7. The van der Waals surface area contributed by atoms with Gasteiger partial charge in [0.25, 0.3) is 0 Å². The fourth-order valence-electron chi connectivity index (χ4n) is 1.37. The van der Waals surface area contributed by atoms with Crippen molar-refractivity contribution in [2.45, 2.75) is 33.8 Å².